The lowest BCUT2D eigenvalue weighted by Crippen LogP contribution is -2.04. The molecule has 0 spiro atoms. The van der Waals surface area contributed by atoms with Crippen LogP contribution in [-0.4, -0.2) is 11.1 Å². The SMILES string of the molecule is N#Cc1ccccc1COc1cc(F)ccc1C(=O)O. The topological polar surface area (TPSA) is 70.3 Å². The third-order valence-corrected chi connectivity index (χ3v) is 2.70. The molecule has 0 saturated heterocycles. The van der Waals surface area contributed by atoms with Crippen LogP contribution < -0.4 is 4.74 Å². The highest BCUT2D eigenvalue weighted by Crippen LogP contribution is 2.22. The van der Waals surface area contributed by atoms with Crippen LogP contribution in [0, 0.1) is 17.1 Å². The number of benzene rings is 2. The van der Waals surface area contributed by atoms with Gasteiger partial charge in [0.2, 0.25) is 0 Å². The lowest BCUT2D eigenvalue weighted by atomic mass is 10.1. The molecule has 0 aliphatic heterocycles. The summed E-state index contributed by atoms with van der Waals surface area (Å²) in [6, 6.07) is 12.0. The fourth-order valence-corrected chi connectivity index (χ4v) is 1.70. The largest absolute Gasteiger partial charge is 0.488 e. The van der Waals surface area contributed by atoms with E-state index in [1.54, 1.807) is 24.3 Å². The highest BCUT2D eigenvalue weighted by molar-refractivity contribution is 5.90. The predicted octanol–water partition coefficient (Wildman–Crippen LogP) is 2.97. The van der Waals surface area contributed by atoms with Gasteiger partial charge in [0, 0.05) is 11.6 Å². The number of hydrogen-bond acceptors (Lipinski definition) is 3. The molecule has 2 aromatic carbocycles. The van der Waals surface area contributed by atoms with Gasteiger partial charge in [0.1, 0.15) is 23.7 Å². The maximum atomic E-state index is 13.2. The van der Waals surface area contributed by atoms with E-state index in [0.29, 0.717) is 11.1 Å². The minimum absolute atomic E-state index is 0.00648. The summed E-state index contributed by atoms with van der Waals surface area (Å²) < 4.78 is 18.5. The fraction of sp³-hybridized carbons (Fsp3) is 0.0667. The van der Waals surface area contributed by atoms with Gasteiger partial charge < -0.3 is 9.84 Å². The van der Waals surface area contributed by atoms with Crippen molar-refractivity contribution in [1.82, 2.24) is 0 Å². The van der Waals surface area contributed by atoms with Gasteiger partial charge in [-0.1, -0.05) is 18.2 Å². The molecule has 0 bridgehead atoms. The highest BCUT2D eigenvalue weighted by atomic mass is 19.1. The Morgan fingerprint density at radius 2 is 2.05 bits per heavy atom. The number of halogens is 1. The van der Waals surface area contributed by atoms with E-state index in [9.17, 15) is 9.18 Å². The number of carbonyl (C=O) groups is 1. The van der Waals surface area contributed by atoms with Crippen molar-refractivity contribution < 1.29 is 19.0 Å². The maximum Gasteiger partial charge on any atom is 0.339 e. The molecule has 0 fully saturated rings. The lowest BCUT2D eigenvalue weighted by molar-refractivity contribution is 0.0691. The van der Waals surface area contributed by atoms with Crippen LogP contribution in [0.5, 0.6) is 5.75 Å². The summed E-state index contributed by atoms with van der Waals surface area (Å²) in [6.45, 7) is -0.00648. The molecule has 4 nitrogen and oxygen atoms in total. The summed E-state index contributed by atoms with van der Waals surface area (Å²) in [7, 11) is 0. The molecule has 20 heavy (non-hydrogen) atoms. The van der Waals surface area contributed by atoms with Crippen molar-refractivity contribution in [3.05, 3.63) is 65.0 Å². The Labute approximate surface area is 114 Å². The standard InChI is InChI=1S/C15H10FNO3/c16-12-5-6-13(15(18)19)14(7-12)20-9-11-4-2-1-3-10(11)8-17/h1-7H,9H2,(H,18,19). The molecule has 100 valence electrons. The van der Waals surface area contributed by atoms with E-state index in [4.69, 9.17) is 15.1 Å². The van der Waals surface area contributed by atoms with Gasteiger partial charge in [-0.15, -0.1) is 0 Å². The number of ether oxygens (including phenoxy) is 1. The van der Waals surface area contributed by atoms with Gasteiger partial charge in [0.25, 0.3) is 0 Å². The third-order valence-electron chi connectivity index (χ3n) is 2.70. The molecule has 0 aromatic heterocycles. The Kier molecular flexibility index (Phi) is 3.96. The molecule has 0 aliphatic rings. The number of nitriles is 1. The molecule has 0 heterocycles. The smallest absolute Gasteiger partial charge is 0.339 e. The summed E-state index contributed by atoms with van der Waals surface area (Å²) >= 11 is 0. The van der Waals surface area contributed by atoms with Crippen LogP contribution in [-0.2, 0) is 6.61 Å². The molecule has 0 atom stereocenters. The molecule has 0 aliphatic carbocycles. The van der Waals surface area contributed by atoms with Gasteiger partial charge in [-0.2, -0.15) is 5.26 Å². The van der Waals surface area contributed by atoms with Gasteiger partial charge in [-0.25, -0.2) is 9.18 Å². The molecule has 0 saturated carbocycles. The number of rotatable bonds is 4. The van der Waals surface area contributed by atoms with Crippen LogP contribution in [0.3, 0.4) is 0 Å². The van der Waals surface area contributed by atoms with Crippen LogP contribution in [0.4, 0.5) is 4.39 Å². The van der Waals surface area contributed by atoms with Crippen molar-refractivity contribution in [2.24, 2.45) is 0 Å². The molecule has 5 heteroatoms. The van der Waals surface area contributed by atoms with E-state index in [1.807, 2.05) is 6.07 Å². The van der Waals surface area contributed by atoms with Crippen molar-refractivity contribution in [2.45, 2.75) is 6.61 Å². The summed E-state index contributed by atoms with van der Waals surface area (Å²) in [5.74, 6) is -1.85. The monoisotopic (exact) mass is 271 g/mol. The first-order chi connectivity index (χ1) is 9.61. The van der Waals surface area contributed by atoms with Crippen LogP contribution in [0.1, 0.15) is 21.5 Å². The first-order valence-corrected chi connectivity index (χ1v) is 5.75. The quantitative estimate of drug-likeness (QED) is 0.928. The summed E-state index contributed by atoms with van der Waals surface area (Å²) in [5, 5.41) is 17.9. The van der Waals surface area contributed by atoms with E-state index < -0.39 is 11.8 Å². The third kappa shape index (κ3) is 2.93. The normalized spacial score (nSPS) is 9.80. The number of hydrogen-bond donors (Lipinski definition) is 1. The minimum atomic E-state index is -1.20. The Morgan fingerprint density at radius 1 is 1.30 bits per heavy atom. The van der Waals surface area contributed by atoms with Gasteiger partial charge in [0.05, 0.1) is 11.6 Å². The second-order valence-electron chi connectivity index (χ2n) is 4.00. The zero-order chi connectivity index (χ0) is 14.5. The van der Waals surface area contributed by atoms with Crippen molar-refractivity contribution in [3.63, 3.8) is 0 Å². The maximum absolute atomic E-state index is 13.2. The fourth-order valence-electron chi connectivity index (χ4n) is 1.70. The van der Waals surface area contributed by atoms with Crippen molar-refractivity contribution in [3.8, 4) is 11.8 Å². The first-order valence-electron chi connectivity index (χ1n) is 5.75. The van der Waals surface area contributed by atoms with E-state index in [0.717, 1.165) is 18.2 Å². The zero-order valence-electron chi connectivity index (χ0n) is 10.3. The Bertz CT molecular complexity index is 692. The van der Waals surface area contributed by atoms with Crippen molar-refractivity contribution >= 4 is 5.97 Å². The first kappa shape index (κ1) is 13.6. The van der Waals surface area contributed by atoms with Gasteiger partial charge in [-0.3, -0.25) is 0 Å². The van der Waals surface area contributed by atoms with Gasteiger partial charge in [0.15, 0.2) is 0 Å². The van der Waals surface area contributed by atoms with E-state index >= 15 is 0 Å². The lowest BCUT2D eigenvalue weighted by Gasteiger charge is -2.10. The van der Waals surface area contributed by atoms with Crippen molar-refractivity contribution in [1.29, 1.82) is 5.26 Å². The molecule has 2 rings (SSSR count). The van der Waals surface area contributed by atoms with Gasteiger partial charge >= 0.3 is 5.97 Å². The van der Waals surface area contributed by atoms with E-state index in [1.165, 1.54) is 0 Å². The Morgan fingerprint density at radius 3 is 2.75 bits per heavy atom. The second kappa shape index (κ2) is 5.85. The Hall–Kier alpha value is -2.87. The van der Waals surface area contributed by atoms with Crippen LogP contribution in [0.2, 0.25) is 0 Å². The summed E-state index contributed by atoms with van der Waals surface area (Å²) in [4.78, 5) is 11.0. The Balaban J connectivity index is 2.25. The molecular weight excluding hydrogens is 261 g/mol. The number of carboxylic acids is 1. The van der Waals surface area contributed by atoms with E-state index in [2.05, 4.69) is 0 Å². The van der Waals surface area contributed by atoms with Gasteiger partial charge in [-0.05, 0) is 18.2 Å². The molecule has 0 unspecified atom stereocenters. The predicted molar refractivity (Wildman–Crippen MR) is 68.8 cm³/mol. The second-order valence-corrected chi connectivity index (χ2v) is 4.00. The average Bonchev–Trinajstić information content (AvgIpc) is 2.45. The van der Waals surface area contributed by atoms with Crippen LogP contribution in [0.25, 0.3) is 0 Å². The summed E-state index contributed by atoms with van der Waals surface area (Å²) in [6.07, 6.45) is 0. The van der Waals surface area contributed by atoms with Crippen LogP contribution >= 0.6 is 0 Å². The summed E-state index contributed by atoms with van der Waals surface area (Å²) in [5.41, 5.74) is 0.914. The minimum Gasteiger partial charge on any atom is -0.488 e. The average molecular weight is 271 g/mol. The molecule has 0 amide bonds. The number of aromatic carboxylic acids is 1. The van der Waals surface area contributed by atoms with E-state index in [-0.39, 0.29) is 17.9 Å². The number of nitrogens with zero attached hydrogens (tertiary/aromatic N) is 1. The van der Waals surface area contributed by atoms with Crippen LogP contribution in [0.15, 0.2) is 42.5 Å². The zero-order valence-corrected chi connectivity index (χ0v) is 10.3. The molecule has 0 radical (unpaired) electrons. The molecule has 2 aromatic rings. The highest BCUT2D eigenvalue weighted by Gasteiger charge is 2.13. The molecular formula is C15H10FNO3. The van der Waals surface area contributed by atoms with Crippen molar-refractivity contribution in [2.75, 3.05) is 0 Å². The number of carboxylic acid groups (broad SMARTS) is 1. The molecule has 1 N–H and O–H groups in total.